The van der Waals surface area contributed by atoms with Gasteiger partial charge in [-0.25, -0.2) is 4.98 Å². The molecule has 0 unspecified atom stereocenters. The fourth-order valence-electron chi connectivity index (χ4n) is 2.01. The topological polar surface area (TPSA) is 78.8 Å². The molecule has 6 heteroatoms. The number of rotatable bonds is 1. The molecule has 1 aliphatic rings. The molecular weight excluding hydrogens is 218 g/mol. The van der Waals surface area contributed by atoms with Gasteiger partial charge in [-0.3, -0.25) is 0 Å². The van der Waals surface area contributed by atoms with Gasteiger partial charge in [-0.1, -0.05) is 6.92 Å². The van der Waals surface area contributed by atoms with Crippen LogP contribution < -0.4 is 10.5 Å². The quantitative estimate of drug-likeness (QED) is 0.788. The van der Waals surface area contributed by atoms with Gasteiger partial charge in [0, 0.05) is 6.42 Å². The second-order valence-corrected chi connectivity index (χ2v) is 3.91. The lowest BCUT2D eigenvalue weighted by molar-refractivity contribution is 0.294. The number of anilines is 1. The molecule has 0 fully saturated rings. The molecule has 3 heterocycles. The van der Waals surface area contributed by atoms with E-state index >= 15 is 0 Å². The van der Waals surface area contributed by atoms with Crippen molar-refractivity contribution in [2.75, 3.05) is 12.3 Å². The van der Waals surface area contributed by atoms with Crippen LogP contribution in [0.15, 0.2) is 12.3 Å². The summed E-state index contributed by atoms with van der Waals surface area (Å²) in [7, 11) is 0. The molecule has 0 spiro atoms. The zero-order chi connectivity index (χ0) is 11.8. The molecule has 0 aromatic carbocycles. The number of hydrogen-bond donors (Lipinski definition) is 1. The van der Waals surface area contributed by atoms with Gasteiger partial charge < -0.3 is 15.0 Å². The van der Waals surface area contributed by atoms with Crippen LogP contribution in [0.2, 0.25) is 0 Å². The highest BCUT2D eigenvalue weighted by atomic mass is 16.5. The molecule has 0 aliphatic carbocycles. The second kappa shape index (κ2) is 3.73. The lowest BCUT2D eigenvalue weighted by Crippen LogP contribution is -2.09. The summed E-state index contributed by atoms with van der Waals surface area (Å²) in [6, 6.07) is 1.83. The van der Waals surface area contributed by atoms with E-state index in [1.54, 1.807) is 6.20 Å². The molecule has 0 bridgehead atoms. The summed E-state index contributed by atoms with van der Waals surface area (Å²) in [5.74, 6) is 2.32. The van der Waals surface area contributed by atoms with E-state index in [0.717, 1.165) is 30.2 Å². The predicted octanol–water partition coefficient (Wildman–Crippen LogP) is 0.877. The molecule has 2 aromatic heterocycles. The Morgan fingerprint density at radius 1 is 1.47 bits per heavy atom. The van der Waals surface area contributed by atoms with E-state index in [-0.39, 0.29) is 0 Å². The van der Waals surface area contributed by atoms with Crippen LogP contribution in [0.3, 0.4) is 0 Å². The van der Waals surface area contributed by atoms with Crippen molar-refractivity contribution in [2.24, 2.45) is 0 Å². The van der Waals surface area contributed by atoms with E-state index in [4.69, 9.17) is 10.5 Å². The monoisotopic (exact) mass is 231 g/mol. The van der Waals surface area contributed by atoms with Gasteiger partial charge in [0.25, 0.3) is 0 Å². The van der Waals surface area contributed by atoms with Crippen LogP contribution in [0.1, 0.15) is 12.7 Å². The Kier molecular flexibility index (Phi) is 2.21. The number of aryl methyl sites for hydroxylation is 1. The highest BCUT2D eigenvalue weighted by Crippen LogP contribution is 2.31. The van der Waals surface area contributed by atoms with Crippen molar-refractivity contribution in [3.8, 4) is 17.3 Å². The molecule has 17 heavy (non-hydrogen) atoms. The van der Waals surface area contributed by atoms with Crippen LogP contribution in [0.4, 0.5) is 5.69 Å². The van der Waals surface area contributed by atoms with Crippen molar-refractivity contribution in [1.29, 1.82) is 0 Å². The Labute approximate surface area is 98.4 Å². The van der Waals surface area contributed by atoms with Crippen molar-refractivity contribution in [2.45, 2.75) is 19.9 Å². The largest absolute Gasteiger partial charge is 0.475 e. The maximum atomic E-state index is 5.75. The predicted molar refractivity (Wildman–Crippen MR) is 62.5 cm³/mol. The van der Waals surface area contributed by atoms with E-state index in [0.29, 0.717) is 18.2 Å². The minimum atomic E-state index is 0.571. The number of aromatic nitrogens is 4. The fraction of sp³-hybridized carbons (Fsp3) is 0.364. The number of nitrogens with zero attached hydrogens (tertiary/aromatic N) is 4. The summed E-state index contributed by atoms with van der Waals surface area (Å²) >= 11 is 0. The molecule has 0 saturated carbocycles. The first-order valence-electron chi connectivity index (χ1n) is 5.60. The van der Waals surface area contributed by atoms with Crippen molar-refractivity contribution in [1.82, 2.24) is 19.7 Å². The van der Waals surface area contributed by atoms with Crippen LogP contribution in [0.25, 0.3) is 11.4 Å². The lowest BCUT2D eigenvalue weighted by atomic mass is 10.2. The zero-order valence-electron chi connectivity index (χ0n) is 9.55. The summed E-state index contributed by atoms with van der Waals surface area (Å²) in [5.41, 5.74) is 7.17. The average molecular weight is 231 g/mol. The van der Waals surface area contributed by atoms with E-state index in [2.05, 4.69) is 26.7 Å². The van der Waals surface area contributed by atoms with Crippen molar-refractivity contribution in [3.05, 3.63) is 18.1 Å². The minimum Gasteiger partial charge on any atom is -0.475 e. The summed E-state index contributed by atoms with van der Waals surface area (Å²) in [6.45, 7) is 3.37. The molecule has 2 N–H and O–H groups in total. The van der Waals surface area contributed by atoms with Gasteiger partial charge in [0.1, 0.15) is 12.4 Å². The number of nitrogens with two attached hydrogens (primary N) is 1. The number of fused-ring (bicyclic) bond motifs is 3. The fourth-order valence-corrected chi connectivity index (χ4v) is 2.01. The highest BCUT2D eigenvalue weighted by Gasteiger charge is 2.21. The third kappa shape index (κ3) is 1.52. The summed E-state index contributed by atoms with van der Waals surface area (Å²) in [5, 5.41) is 8.38. The number of pyridine rings is 1. The van der Waals surface area contributed by atoms with Crippen LogP contribution in [0, 0.1) is 0 Å². The van der Waals surface area contributed by atoms with Gasteiger partial charge in [-0.05, 0) is 6.07 Å². The van der Waals surface area contributed by atoms with Crippen LogP contribution in [0.5, 0.6) is 5.88 Å². The Bertz CT molecular complexity index is 563. The van der Waals surface area contributed by atoms with Gasteiger partial charge in [-0.15, -0.1) is 10.2 Å². The first-order chi connectivity index (χ1) is 8.29. The Morgan fingerprint density at radius 2 is 2.35 bits per heavy atom. The maximum Gasteiger partial charge on any atom is 0.224 e. The van der Waals surface area contributed by atoms with Crippen molar-refractivity contribution in [3.63, 3.8) is 0 Å². The average Bonchev–Trinajstić information content (AvgIpc) is 2.66. The molecule has 0 saturated heterocycles. The summed E-state index contributed by atoms with van der Waals surface area (Å²) in [6.07, 6.45) is 2.43. The van der Waals surface area contributed by atoms with Crippen LogP contribution >= 0.6 is 0 Å². The van der Waals surface area contributed by atoms with E-state index in [1.807, 2.05) is 6.07 Å². The Morgan fingerprint density at radius 3 is 3.18 bits per heavy atom. The molecule has 2 aromatic rings. The molecule has 0 radical (unpaired) electrons. The Balaban J connectivity index is 2.23. The smallest absolute Gasteiger partial charge is 0.224 e. The van der Waals surface area contributed by atoms with Gasteiger partial charge in [0.2, 0.25) is 5.88 Å². The summed E-state index contributed by atoms with van der Waals surface area (Å²) in [4.78, 5) is 4.18. The van der Waals surface area contributed by atoms with Gasteiger partial charge in [0.15, 0.2) is 5.82 Å². The standard InChI is InChI=1S/C11H13N5O/c1-2-9-14-15-10-8-5-7(12)6-13-11(8)17-4-3-16(9)10/h5-6H,2-4,12H2,1H3. The van der Waals surface area contributed by atoms with E-state index in [1.165, 1.54) is 0 Å². The molecule has 3 rings (SSSR count). The summed E-state index contributed by atoms with van der Waals surface area (Å²) < 4.78 is 7.65. The first kappa shape index (κ1) is 10.1. The lowest BCUT2D eigenvalue weighted by Gasteiger charge is -2.04. The number of hydrogen-bond acceptors (Lipinski definition) is 5. The SMILES string of the molecule is CCc1nnc2n1CCOc1ncc(N)cc1-2. The molecular formula is C11H13N5O. The second-order valence-electron chi connectivity index (χ2n) is 3.91. The molecule has 0 amide bonds. The molecule has 0 atom stereocenters. The molecule has 6 nitrogen and oxygen atoms in total. The normalized spacial score (nSPS) is 13.5. The van der Waals surface area contributed by atoms with E-state index in [9.17, 15) is 0 Å². The van der Waals surface area contributed by atoms with Crippen LogP contribution in [-0.4, -0.2) is 26.4 Å². The molecule has 1 aliphatic heterocycles. The first-order valence-corrected chi connectivity index (χ1v) is 5.60. The Hall–Kier alpha value is -2.11. The van der Waals surface area contributed by atoms with Gasteiger partial charge in [0.05, 0.1) is 24.0 Å². The van der Waals surface area contributed by atoms with Gasteiger partial charge in [-0.2, -0.15) is 0 Å². The van der Waals surface area contributed by atoms with Gasteiger partial charge >= 0.3 is 0 Å². The number of nitrogen functional groups attached to an aromatic ring is 1. The van der Waals surface area contributed by atoms with Crippen LogP contribution in [-0.2, 0) is 13.0 Å². The number of ether oxygens (including phenoxy) is 1. The van der Waals surface area contributed by atoms with Crippen molar-refractivity contribution >= 4 is 5.69 Å². The zero-order valence-corrected chi connectivity index (χ0v) is 9.55. The third-order valence-electron chi connectivity index (χ3n) is 2.81. The minimum absolute atomic E-state index is 0.571. The van der Waals surface area contributed by atoms with E-state index < -0.39 is 0 Å². The third-order valence-corrected chi connectivity index (χ3v) is 2.81. The highest BCUT2D eigenvalue weighted by molar-refractivity contribution is 5.66. The van der Waals surface area contributed by atoms with Crippen molar-refractivity contribution < 1.29 is 4.74 Å². The molecule has 88 valence electrons. The maximum absolute atomic E-state index is 5.75.